The second-order valence-electron chi connectivity index (χ2n) is 6.53. The van der Waals surface area contributed by atoms with E-state index in [1.165, 1.54) is 0 Å². The highest BCUT2D eigenvalue weighted by Crippen LogP contribution is 2.36. The molecule has 3 aromatic rings. The number of rotatable bonds is 3. The summed E-state index contributed by atoms with van der Waals surface area (Å²) in [5.41, 5.74) is 3.18. The molecule has 8 nitrogen and oxygen atoms in total. The Bertz CT molecular complexity index is 1190. The molecule has 0 amide bonds. The lowest BCUT2D eigenvalue weighted by Gasteiger charge is -2.18. The lowest BCUT2D eigenvalue weighted by Crippen LogP contribution is -2.25. The smallest absolute Gasteiger partial charge is 0.310 e. The molecule has 0 spiro atoms. The highest BCUT2D eigenvalue weighted by molar-refractivity contribution is 7.11. The zero-order valence-electron chi connectivity index (χ0n) is 15.4. The first-order valence-corrected chi connectivity index (χ1v) is 9.71. The largest absolute Gasteiger partial charge is 0.499 e. The quantitative estimate of drug-likeness (QED) is 0.629. The summed E-state index contributed by atoms with van der Waals surface area (Å²) in [4.78, 5) is 30.2. The molecule has 9 heteroatoms. The fraction of sp³-hybridized carbons (Fsp3) is 0.263. The molecular weight excluding hydrogens is 378 g/mol. The fourth-order valence-electron chi connectivity index (χ4n) is 3.37. The molecule has 1 atom stereocenters. The summed E-state index contributed by atoms with van der Waals surface area (Å²) in [5, 5.41) is 18.0. The number of aliphatic imine (C=N–C) groups is 1. The summed E-state index contributed by atoms with van der Waals surface area (Å²) in [6.45, 7) is 4.70. The van der Waals surface area contributed by atoms with Crippen molar-refractivity contribution in [3.05, 3.63) is 67.3 Å². The number of benzene rings is 1. The summed E-state index contributed by atoms with van der Waals surface area (Å²) in [6, 6.07) is 7.32. The number of aryl methyl sites for hydroxylation is 2. The van der Waals surface area contributed by atoms with Gasteiger partial charge in [0.15, 0.2) is 5.06 Å². The molecule has 0 bridgehead atoms. The van der Waals surface area contributed by atoms with Gasteiger partial charge in [0.2, 0.25) is 0 Å². The highest BCUT2D eigenvalue weighted by atomic mass is 32.1. The van der Waals surface area contributed by atoms with Crippen molar-refractivity contribution in [2.45, 2.75) is 32.9 Å². The number of anilines is 1. The van der Waals surface area contributed by atoms with Crippen LogP contribution in [-0.4, -0.2) is 25.6 Å². The lowest BCUT2D eigenvalue weighted by atomic mass is 9.99. The standard InChI is InChI=1S/C19H19N5O3S/c1-3-24-9-11(10(2)23-24)14-8-15(16-17(25)22-19(27)28-18(16)26)21-13-7-5-4-6-12(13)20-14/h4-7,9,14,20,26H,3,8H2,1-2H3,(H,22,25,27)/t14-/m1/s1. The summed E-state index contributed by atoms with van der Waals surface area (Å²) >= 11 is 0.589. The van der Waals surface area contributed by atoms with Gasteiger partial charge in [0.1, 0.15) is 5.56 Å². The van der Waals surface area contributed by atoms with Crippen LogP contribution >= 0.6 is 11.3 Å². The van der Waals surface area contributed by atoms with Crippen molar-refractivity contribution >= 4 is 28.4 Å². The van der Waals surface area contributed by atoms with Crippen molar-refractivity contribution in [3.63, 3.8) is 0 Å². The molecule has 1 aliphatic rings. The Morgan fingerprint density at radius 3 is 2.82 bits per heavy atom. The number of aromatic hydroxyl groups is 1. The number of para-hydroxylation sites is 2. The van der Waals surface area contributed by atoms with Crippen molar-refractivity contribution in [2.24, 2.45) is 4.99 Å². The van der Waals surface area contributed by atoms with Crippen LogP contribution in [0.15, 0.2) is 45.0 Å². The van der Waals surface area contributed by atoms with E-state index in [1.54, 1.807) is 0 Å². The molecule has 0 aliphatic carbocycles. The van der Waals surface area contributed by atoms with Crippen LogP contribution < -0.4 is 15.7 Å². The van der Waals surface area contributed by atoms with Crippen LogP contribution in [0.1, 0.15) is 36.2 Å². The number of nitrogens with one attached hydrogen (secondary N) is 2. The predicted octanol–water partition coefficient (Wildman–Crippen LogP) is 2.70. The maximum absolute atomic E-state index is 12.4. The molecule has 28 heavy (non-hydrogen) atoms. The van der Waals surface area contributed by atoms with E-state index in [1.807, 2.05) is 49.0 Å². The average molecular weight is 397 g/mol. The monoisotopic (exact) mass is 397 g/mol. The van der Waals surface area contributed by atoms with Gasteiger partial charge in [0.05, 0.1) is 28.8 Å². The summed E-state index contributed by atoms with van der Waals surface area (Å²) in [6.07, 6.45) is 2.33. The molecule has 0 saturated carbocycles. The minimum atomic E-state index is -0.640. The van der Waals surface area contributed by atoms with Gasteiger partial charge in [-0.05, 0) is 37.3 Å². The molecule has 2 aromatic heterocycles. The molecule has 3 N–H and O–H groups in total. The molecule has 144 valence electrons. The van der Waals surface area contributed by atoms with Crippen LogP contribution in [0.4, 0.5) is 11.4 Å². The van der Waals surface area contributed by atoms with Gasteiger partial charge in [0, 0.05) is 24.7 Å². The molecule has 4 rings (SSSR count). The molecule has 0 saturated heterocycles. The number of hydrogen-bond donors (Lipinski definition) is 3. The Hall–Kier alpha value is -3.20. The van der Waals surface area contributed by atoms with Crippen LogP contribution in [0.5, 0.6) is 5.06 Å². The number of H-pyrrole nitrogens is 1. The molecular formula is C19H19N5O3S. The minimum Gasteiger partial charge on any atom is -0.499 e. The molecule has 0 radical (unpaired) electrons. The first kappa shape index (κ1) is 18.2. The zero-order chi connectivity index (χ0) is 19.8. The van der Waals surface area contributed by atoms with Gasteiger partial charge in [0.25, 0.3) is 5.56 Å². The van der Waals surface area contributed by atoms with Crippen LogP contribution in [0, 0.1) is 6.92 Å². The normalized spacial score (nSPS) is 16.1. The lowest BCUT2D eigenvalue weighted by molar-refractivity contribution is 0.487. The fourth-order valence-corrected chi connectivity index (χ4v) is 4.00. The molecule has 0 fully saturated rings. The maximum atomic E-state index is 12.4. The number of aromatic nitrogens is 3. The van der Waals surface area contributed by atoms with Crippen LogP contribution in [0.3, 0.4) is 0 Å². The second kappa shape index (κ2) is 7.08. The summed E-state index contributed by atoms with van der Waals surface area (Å²) in [5.74, 6) is 0. The minimum absolute atomic E-state index is 0.0358. The summed E-state index contributed by atoms with van der Waals surface area (Å²) < 4.78 is 1.86. The van der Waals surface area contributed by atoms with Crippen molar-refractivity contribution in [1.82, 2.24) is 14.8 Å². The van der Waals surface area contributed by atoms with E-state index in [9.17, 15) is 14.7 Å². The number of hydrogen-bond acceptors (Lipinski definition) is 7. The highest BCUT2D eigenvalue weighted by Gasteiger charge is 2.27. The average Bonchev–Trinajstić information content (AvgIpc) is 2.91. The van der Waals surface area contributed by atoms with Gasteiger partial charge in [-0.1, -0.05) is 12.1 Å². The van der Waals surface area contributed by atoms with Crippen LogP contribution in [-0.2, 0) is 6.54 Å². The van der Waals surface area contributed by atoms with Gasteiger partial charge >= 0.3 is 4.87 Å². The third-order valence-electron chi connectivity index (χ3n) is 4.70. The van der Waals surface area contributed by atoms with Gasteiger partial charge in [-0.15, -0.1) is 0 Å². The predicted molar refractivity (Wildman–Crippen MR) is 109 cm³/mol. The Morgan fingerprint density at radius 2 is 2.11 bits per heavy atom. The topological polar surface area (TPSA) is 112 Å². The third-order valence-corrected chi connectivity index (χ3v) is 5.39. The van der Waals surface area contributed by atoms with Crippen LogP contribution in [0.2, 0.25) is 0 Å². The Balaban J connectivity index is 1.89. The second-order valence-corrected chi connectivity index (χ2v) is 7.49. The van der Waals surface area contributed by atoms with E-state index in [4.69, 9.17) is 0 Å². The van der Waals surface area contributed by atoms with E-state index >= 15 is 0 Å². The number of fused-ring (bicyclic) bond motifs is 1. The van der Waals surface area contributed by atoms with E-state index in [-0.39, 0.29) is 16.7 Å². The SMILES string of the molecule is CCn1cc([C@H]2CC(c3c(O)sc(=O)[nH]c3=O)=Nc3ccccc3N2)c(C)n1. The zero-order valence-corrected chi connectivity index (χ0v) is 16.2. The Morgan fingerprint density at radius 1 is 1.32 bits per heavy atom. The van der Waals surface area contributed by atoms with Gasteiger partial charge in [-0.3, -0.25) is 24.2 Å². The first-order valence-electron chi connectivity index (χ1n) is 8.90. The van der Waals surface area contributed by atoms with Crippen LogP contribution in [0.25, 0.3) is 0 Å². The van der Waals surface area contributed by atoms with E-state index in [0.29, 0.717) is 29.2 Å². The number of nitrogens with zero attached hydrogens (tertiary/aromatic N) is 3. The third kappa shape index (κ3) is 3.24. The van der Waals surface area contributed by atoms with Crippen molar-refractivity contribution in [1.29, 1.82) is 0 Å². The number of aromatic amines is 1. The van der Waals surface area contributed by atoms with E-state index in [2.05, 4.69) is 20.4 Å². The van der Waals surface area contributed by atoms with E-state index < -0.39 is 10.4 Å². The molecule has 0 unspecified atom stereocenters. The van der Waals surface area contributed by atoms with Crippen molar-refractivity contribution in [2.75, 3.05) is 5.32 Å². The van der Waals surface area contributed by atoms with E-state index in [0.717, 1.165) is 23.5 Å². The molecule has 1 aromatic carbocycles. The van der Waals surface area contributed by atoms with Gasteiger partial charge < -0.3 is 10.4 Å². The Labute approximate surface area is 164 Å². The van der Waals surface area contributed by atoms with Gasteiger partial charge in [-0.25, -0.2) is 0 Å². The van der Waals surface area contributed by atoms with Crippen molar-refractivity contribution in [3.8, 4) is 5.06 Å². The summed E-state index contributed by atoms with van der Waals surface area (Å²) in [7, 11) is 0. The van der Waals surface area contributed by atoms with Crippen molar-refractivity contribution < 1.29 is 5.11 Å². The maximum Gasteiger partial charge on any atom is 0.310 e. The molecule has 3 heterocycles. The first-order chi connectivity index (χ1) is 13.5. The molecule has 1 aliphatic heterocycles. The Kier molecular flexibility index (Phi) is 4.60. The van der Waals surface area contributed by atoms with Gasteiger partial charge in [-0.2, -0.15) is 5.10 Å².